The number of hydrogen-bond acceptors (Lipinski definition) is 6. The van der Waals surface area contributed by atoms with Crippen LogP contribution in [0.2, 0.25) is 0 Å². The van der Waals surface area contributed by atoms with Crippen LogP contribution >= 0.6 is 0 Å². The molecule has 1 N–H and O–H groups in total. The number of alkyl carbamates (subject to hydrolysis) is 1. The Morgan fingerprint density at radius 2 is 1.84 bits per heavy atom. The second-order valence-electron chi connectivity index (χ2n) is 7.85. The Balaban J connectivity index is 1.46. The number of fused-ring (bicyclic) bond motifs is 3. The number of hydrogen-bond donors (Lipinski definition) is 1. The van der Waals surface area contributed by atoms with E-state index in [0.717, 1.165) is 41.3 Å². The second kappa shape index (κ2) is 9.26. The van der Waals surface area contributed by atoms with E-state index in [9.17, 15) is 14.4 Å². The van der Waals surface area contributed by atoms with Crippen molar-refractivity contribution in [1.29, 1.82) is 0 Å². The number of rotatable bonds is 6. The first-order chi connectivity index (χ1) is 15.5. The summed E-state index contributed by atoms with van der Waals surface area (Å²) in [5, 5.41) is 3.43. The van der Waals surface area contributed by atoms with Crippen molar-refractivity contribution in [1.82, 2.24) is 5.32 Å². The molecule has 7 nitrogen and oxygen atoms in total. The lowest BCUT2D eigenvalue weighted by Crippen LogP contribution is -2.42. The molecule has 0 saturated heterocycles. The minimum absolute atomic E-state index is 0.102. The van der Waals surface area contributed by atoms with Gasteiger partial charge in [0.1, 0.15) is 24.0 Å². The van der Waals surface area contributed by atoms with Gasteiger partial charge in [0.25, 0.3) is 0 Å². The lowest BCUT2D eigenvalue weighted by Gasteiger charge is -2.17. The summed E-state index contributed by atoms with van der Waals surface area (Å²) in [5.74, 6) is -0.323. The lowest BCUT2D eigenvalue weighted by atomic mass is 10.0. The maximum absolute atomic E-state index is 12.7. The van der Waals surface area contributed by atoms with Gasteiger partial charge in [0.15, 0.2) is 0 Å². The molecule has 0 spiro atoms. The monoisotopic (exact) mass is 435 g/mol. The fourth-order valence-corrected chi connectivity index (χ4v) is 3.99. The SMILES string of the molecule is CC[C@H](NC(=O)OCc1ccccc1)C(=O)Oc1ccc2c3c(c(=O)oc2c1C)CCC3. The van der Waals surface area contributed by atoms with Crippen molar-refractivity contribution in [3.05, 3.63) is 75.1 Å². The van der Waals surface area contributed by atoms with Gasteiger partial charge in [0, 0.05) is 16.5 Å². The molecular weight excluding hydrogens is 410 g/mol. The van der Waals surface area contributed by atoms with Gasteiger partial charge in [-0.2, -0.15) is 0 Å². The van der Waals surface area contributed by atoms with E-state index < -0.39 is 18.1 Å². The fourth-order valence-electron chi connectivity index (χ4n) is 3.99. The molecule has 32 heavy (non-hydrogen) atoms. The largest absolute Gasteiger partial charge is 0.445 e. The van der Waals surface area contributed by atoms with E-state index in [2.05, 4.69) is 5.32 Å². The summed E-state index contributed by atoms with van der Waals surface area (Å²) in [6.45, 7) is 3.61. The predicted molar refractivity (Wildman–Crippen MR) is 119 cm³/mol. The highest BCUT2D eigenvalue weighted by Gasteiger charge is 2.25. The molecule has 1 atom stereocenters. The van der Waals surface area contributed by atoms with Gasteiger partial charge in [-0.05, 0) is 55.9 Å². The highest BCUT2D eigenvalue weighted by molar-refractivity contribution is 5.88. The average Bonchev–Trinajstić information content (AvgIpc) is 3.30. The Morgan fingerprint density at radius 1 is 1.09 bits per heavy atom. The first-order valence-electron chi connectivity index (χ1n) is 10.7. The molecule has 1 aliphatic carbocycles. The van der Waals surface area contributed by atoms with Crippen molar-refractivity contribution in [3.63, 3.8) is 0 Å². The van der Waals surface area contributed by atoms with Crippen molar-refractivity contribution in [2.75, 3.05) is 0 Å². The molecule has 0 saturated carbocycles. The zero-order chi connectivity index (χ0) is 22.7. The first kappa shape index (κ1) is 21.6. The molecule has 0 bridgehead atoms. The maximum Gasteiger partial charge on any atom is 0.408 e. The third-order valence-electron chi connectivity index (χ3n) is 5.75. The van der Waals surface area contributed by atoms with Crippen LogP contribution in [0.4, 0.5) is 4.79 Å². The van der Waals surface area contributed by atoms with Crippen LogP contribution in [0.25, 0.3) is 11.0 Å². The van der Waals surface area contributed by atoms with E-state index in [4.69, 9.17) is 13.9 Å². The zero-order valence-electron chi connectivity index (χ0n) is 18.1. The van der Waals surface area contributed by atoms with Crippen molar-refractivity contribution in [3.8, 4) is 5.75 Å². The van der Waals surface area contributed by atoms with Crippen LogP contribution in [0.15, 0.2) is 51.7 Å². The number of carbonyl (C=O) groups excluding carboxylic acids is 2. The minimum atomic E-state index is -0.875. The van der Waals surface area contributed by atoms with Gasteiger partial charge in [-0.1, -0.05) is 37.3 Å². The number of aryl methyl sites for hydroxylation is 2. The third-order valence-corrected chi connectivity index (χ3v) is 5.75. The molecule has 7 heteroatoms. The maximum atomic E-state index is 12.7. The number of ether oxygens (including phenoxy) is 2. The number of amides is 1. The van der Waals surface area contributed by atoms with E-state index in [1.54, 1.807) is 19.9 Å². The molecule has 4 rings (SSSR count). The number of carbonyl (C=O) groups is 2. The quantitative estimate of drug-likeness (QED) is 0.354. The van der Waals surface area contributed by atoms with Crippen molar-refractivity contribution in [2.24, 2.45) is 0 Å². The average molecular weight is 435 g/mol. The number of benzene rings is 2. The zero-order valence-corrected chi connectivity index (χ0v) is 18.1. The van der Waals surface area contributed by atoms with Gasteiger partial charge in [-0.15, -0.1) is 0 Å². The Kier molecular flexibility index (Phi) is 6.25. The topological polar surface area (TPSA) is 94.8 Å². The summed E-state index contributed by atoms with van der Waals surface area (Å²) in [6.07, 6.45) is 2.12. The summed E-state index contributed by atoms with van der Waals surface area (Å²) in [6, 6.07) is 11.9. The Labute approximate surface area is 185 Å². The lowest BCUT2D eigenvalue weighted by molar-refractivity contribution is -0.136. The van der Waals surface area contributed by atoms with Gasteiger partial charge in [0.2, 0.25) is 0 Å². The van der Waals surface area contributed by atoms with E-state index in [1.807, 2.05) is 36.4 Å². The highest BCUT2D eigenvalue weighted by atomic mass is 16.6. The first-order valence-corrected chi connectivity index (χ1v) is 10.7. The predicted octanol–water partition coefficient (Wildman–Crippen LogP) is 4.20. The van der Waals surface area contributed by atoms with Crippen LogP contribution in [0, 0.1) is 6.92 Å². The molecule has 1 heterocycles. The molecule has 0 unspecified atom stereocenters. The summed E-state index contributed by atoms with van der Waals surface area (Å²) in [4.78, 5) is 37.2. The van der Waals surface area contributed by atoms with Gasteiger partial charge in [0.05, 0.1) is 0 Å². The molecule has 1 amide bonds. The normalized spacial score (nSPS) is 13.4. The van der Waals surface area contributed by atoms with E-state index in [-0.39, 0.29) is 12.2 Å². The van der Waals surface area contributed by atoms with E-state index in [0.29, 0.717) is 23.3 Å². The third kappa shape index (κ3) is 4.37. The Hall–Kier alpha value is -3.61. The van der Waals surface area contributed by atoms with Crippen molar-refractivity contribution >= 4 is 23.0 Å². The van der Waals surface area contributed by atoms with Crippen molar-refractivity contribution < 1.29 is 23.5 Å². The van der Waals surface area contributed by atoms with E-state index >= 15 is 0 Å². The molecule has 1 aromatic heterocycles. The molecule has 3 aromatic rings. The Morgan fingerprint density at radius 3 is 2.59 bits per heavy atom. The molecule has 0 fully saturated rings. The highest BCUT2D eigenvalue weighted by Crippen LogP contribution is 2.33. The molecule has 166 valence electrons. The van der Waals surface area contributed by atoms with Crippen LogP contribution in [0.1, 0.15) is 42.0 Å². The van der Waals surface area contributed by atoms with Crippen molar-refractivity contribution in [2.45, 2.75) is 52.2 Å². The van der Waals surface area contributed by atoms with Crippen LogP contribution in [-0.2, 0) is 29.0 Å². The van der Waals surface area contributed by atoms with Gasteiger partial charge >= 0.3 is 17.7 Å². The van der Waals surface area contributed by atoms with Crippen LogP contribution in [0.3, 0.4) is 0 Å². The molecule has 0 radical (unpaired) electrons. The molecular formula is C25H25NO6. The summed E-state index contributed by atoms with van der Waals surface area (Å²) in [7, 11) is 0. The standard InChI is InChI=1S/C25H25NO6/c1-3-20(26-25(29)30-14-16-8-5-4-6-9-16)24(28)31-21-13-12-18-17-10-7-11-19(17)23(27)32-22(18)15(21)2/h4-6,8-9,12-13,20H,3,7,10-11,14H2,1-2H3,(H,26,29)/t20-/m0/s1. The second-order valence-corrected chi connectivity index (χ2v) is 7.85. The summed E-state index contributed by atoms with van der Waals surface area (Å²) >= 11 is 0. The van der Waals surface area contributed by atoms with Crippen LogP contribution < -0.4 is 15.7 Å². The van der Waals surface area contributed by atoms with Gasteiger partial charge < -0.3 is 19.2 Å². The molecule has 0 aliphatic heterocycles. The van der Waals surface area contributed by atoms with Gasteiger partial charge in [-0.3, -0.25) is 0 Å². The van der Waals surface area contributed by atoms with Crippen LogP contribution in [0.5, 0.6) is 5.75 Å². The number of esters is 1. The molecule has 2 aromatic carbocycles. The Bertz CT molecular complexity index is 1210. The molecule has 1 aliphatic rings. The van der Waals surface area contributed by atoms with Crippen LogP contribution in [-0.4, -0.2) is 18.1 Å². The fraction of sp³-hybridized carbons (Fsp3) is 0.320. The van der Waals surface area contributed by atoms with Gasteiger partial charge in [-0.25, -0.2) is 14.4 Å². The summed E-state index contributed by atoms with van der Waals surface area (Å²) in [5.41, 5.74) is 3.29. The van der Waals surface area contributed by atoms with E-state index in [1.165, 1.54) is 0 Å². The smallest absolute Gasteiger partial charge is 0.408 e. The minimum Gasteiger partial charge on any atom is -0.445 e. The number of nitrogens with one attached hydrogen (secondary N) is 1. The summed E-state index contributed by atoms with van der Waals surface area (Å²) < 4.78 is 16.3.